The van der Waals surface area contributed by atoms with Gasteiger partial charge in [-0.05, 0) is 25.0 Å². The van der Waals surface area contributed by atoms with Crippen molar-refractivity contribution in [3.63, 3.8) is 0 Å². The van der Waals surface area contributed by atoms with Crippen LogP contribution in [-0.2, 0) is 0 Å². The number of carbonyl (C=O) groups is 1. The molecule has 0 atom stereocenters. The van der Waals surface area contributed by atoms with Crippen LogP contribution in [0.4, 0.5) is 5.69 Å². The summed E-state index contributed by atoms with van der Waals surface area (Å²) in [5, 5.41) is 13.3. The molecule has 0 radical (unpaired) electrons. The van der Waals surface area contributed by atoms with E-state index in [1.165, 1.54) is 24.3 Å². The van der Waals surface area contributed by atoms with Gasteiger partial charge in [-0.2, -0.15) is 0 Å². The van der Waals surface area contributed by atoms with E-state index in [2.05, 4.69) is 5.32 Å². The number of alkyl halides is 1. The summed E-state index contributed by atoms with van der Waals surface area (Å²) in [5.41, 5.74) is 0.118. The number of non-ortho nitro benzene ring substituents is 1. The number of benzene rings is 1. The van der Waals surface area contributed by atoms with Crippen LogP contribution < -0.4 is 5.32 Å². The second kappa shape index (κ2) is 4.33. The minimum Gasteiger partial charge on any atom is -0.345 e. The molecule has 0 saturated heterocycles. The van der Waals surface area contributed by atoms with Crippen molar-refractivity contribution in [1.29, 1.82) is 0 Å². The molecule has 0 heterocycles. The smallest absolute Gasteiger partial charge is 0.269 e. The fraction of sp³-hybridized carbons (Fsp3) is 0.364. The van der Waals surface area contributed by atoms with Crippen LogP contribution in [0, 0.1) is 10.1 Å². The highest BCUT2D eigenvalue weighted by atomic mass is 35.5. The third-order valence-corrected chi connectivity index (χ3v) is 3.34. The highest BCUT2D eigenvalue weighted by molar-refractivity contribution is 6.19. The van der Waals surface area contributed by atoms with Crippen LogP contribution in [0.1, 0.15) is 23.2 Å². The lowest BCUT2D eigenvalue weighted by Gasteiger charge is -2.13. The van der Waals surface area contributed by atoms with Gasteiger partial charge in [0, 0.05) is 23.6 Å². The lowest BCUT2D eigenvalue weighted by Crippen LogP contribution is -2.38. The molecule has 0 unspecified atom stereocenters. The normalized spacial score (nSPS) is 16.3. The third kappa shape index (κ3) is 2.55. The largest absolute Gasteiger partial charge is 0.345 e. The Morgan fingerprint density at radius 2 is 2.00 bits per heavy atom. The van der Waals surface area contributed by atoms with Gasteiger partial charge in [0.05, 0.1) is 10.5 Å². The standard InChI is InChI=1S/C11H11ClN2O3/c12-7-11(5-6-11)13-10(15)8-1-3-9(4-2-8)14(16)17/h1-4H,5-7H2,(H,13,15). The SMILES string of the molecule is O=C(NC1(CCl)CC1)c1ccc([N+](=O)[O-])cc1. The number of carbonyl (C=O) groups excluding carboxylic acids is 1. The summed E-state index contributed by atoms with van der Waals surface area (Å²) in [6.07, 6.45) is 1.77. The lowest BCUT2D eigenvalue weighted by atomic mass is 10.2. The molecule has 0 aliphatic heterocycles. The summed E-state index contributed by atoms with van der Waals surface area (Å²) in [6.45, 7) is 0. The average Bonchev–Trinajstić information content (AvgIpc) is 3.09. The molecule has 2 rings (SSSR count). The van der Waals surface area contributed by atoms with Gasteiger partial charge in [-0.25, -0.2) is 0 Å². The van der Waals surface area contributed by atoms with Gasteiger partial charge in [-0.1, -0.05) is 0 Å². The number of hydrogen-bond donors (Lipinski definition) is 1. The molecule has 1 saturated carbocycles. The number of nitrogens with one attached hydrogen (secondary N) is 1. The number of amides is 1. The molecule has 1 fully saturated rings. The zero-order valence-corrected chi connectivity index (χ0v) is 9.74. The van der Waals surface area contributed by atoms with Crippen molar-refractivity contribution >= 4 is 23.2 Å². The molecule has 0 bridgehead atoms. The van der Waals surface area contributed by atoms with E-state index in [9.17, 15) is 14.9 Å². The first-order chi connectivity index (χ1) is 8.06. The number of hydrogen-bond acceptors (Lipinski definition) is 3. The van der Waals surface area contributed by atoms with Crippen molar-refractivity contribution in [3.05, 3.63) is 39.9 Å². The molecule has 90 valence electrons. The van der Waals surface area contributed by atoms with Gasteiger partial charge < -0.3 is 5.32 Å². The van der Waals surface area contributed by atoms with Crippen LogP contribution in [0.2, 0.25) is 0 Å². The van der Waals surface area contributed by atoms with Crippen molar-refractivity contribution in [2.45, 2.75) is 18.4 Å². The number of rotatable bonds is 4. The van der Waals surface area contributed by atoms with Gasteiger partial charge in [0.25, 0.3) is 11.6 Å². The van der Waals surface area contributed by atoms with Crippen LogP contribution >= 0.6 is 11.6 Å². The number of halogens is 1. The van der Waals surface area contributed by atoms with Crippen LogP contribution in [0.25, 0.3) is 0 Å². The highest BCUT2D eigenvalue weighted by Crippen LogP contribution is 2.36. The zero-order chi connectivity index (χ0) is 12.5. The van der Waals surface area contributed by atoms with Crippen LogP contribution in [0.15, 0.2) is 24.3 Å². The van der Waals surface area contributed by atoms with Crippen LogP contribution in [0.3, 0.4) is 0 Å². The molecule has 0 spiro atoms. The van der Waals surface area contributed by atoms with E-state index in [4.69, 9.17) is 11.6 Å². The molecule has 1 aromatic carbocycles. The van der Waals surface area contributed by atoms with E-state index < -0.39 is 4.92 Å². The predicted octanol–water partition coefficient (Wildman–Crippen LogP) is 2.10. The highest BCUT2D eigenvalue weighted by Gasteiger charge is 2.43. The summed E-state index contributed by atoms with van der Waals surface area (Å²) in [7, 11) is 0. The summed E-state index contributed by atoms with van der Waals surface area (Å²) < 4.78 is 0. The van der Waals surface area contributed by atoms with Crippen molar-refractivity contribution in [2.75, 3.05) is 5.88 Å². The molecule has 17 heavy (non-hydrogen) atoms. The van der Waals surface area contributed by atoms with E-state index in [0.29, 0.717) is 11.4 Å². The monoisotopic (exact) mass is 254 g/mol. The summed E-state index contributed by atoms with van der Waals surface area (Å²) in [4.78, 5) is 21.8. The molecule has 5 nitrogen and oxygen atoms in total. The van der Waals surface area contributed by atoms with E-state index >= 15 is 0 Å². The molecule has 1 aromatic rings. The maximum Gasteiger partial charge on any atom is 0.269 e. The Balaban J connectivity index is 2.07. The Bertz CT molecular complexity index is 454. The second-order valence-corrected chi connectivity index (χ2v) is 4.44. The zero-order valence-electron chi connectivity index (χ0n) is 8.98. The van der Waals surface area contributed by atoms with Crippen molar-refractivity contribution in [1.82, 2.24) is 5.32 Å². The fourth-order valence-electron chi connectivity index (χ4n) is 1.49. The van der Waals surface area contributed by atoms with Crippen molar-refractivity contribution < 1.29 is 9.72 Å². The third-order valence-electron chi connectivity index (χ3n) is 2.83. The minimum atomic E-state index is -0.497. The summed E-state index contributed by atoms with van der Waals surface area (Å²) in [5.74, 6) is 0.157. The first-order valence-corrected chi connectivity index (χ1v) is 5.73. The Labute approximate surface area is 103 Å². The van der Waals surface area contributed by atoms with Gasteiger partial charge in [0.1, 0.15) is 0 Å². The second-order valence-electron chi connectivity index (χ2n) is 4.17. The van der Waals surface area contributed by atoms with Crippen LogP contribution in [0.5, 0.6) is 0 Å². The molecule has 1 aliphatic carbocycles. The lowest BCUT2D eigenvalue weighted by molar-refractivity contribution is -0.384. The molecule has 0 aromatic heterocycles. The number of nitrogens with zero attached hydrogens (tertiary/aromatic N) is 1. The maximum absolute atomic E-state index is 11.8. The Morgan fingerprint density at radius 3 is 2.41 bits per heavy atom. The summed E-state index contributed by atoms with van der Waals surface area (Å²) in [6, 6.07) is 5.51. The van der Waals surface area contributed by atoms with E-state index in [1.54, 1.807) is 0 Å². The topological polar surface area (TPSA) is 72.2 Å². The first-order valence-electron chi connectivity index (χ1n) is 5.19. The molecule has 1 aliphatic rings. The minimum absolute atomic E-state index is 0.0278. The van der Waals surface area contributed by atoms with Crippen LogP contribution in [-0.4, -0.2) is 22.2 Å². The van der Waals surface area contributed by atoms with Crippen molar-refractivity contribution in [3.8, 4) is 0 Å². The molecular weight excluding hydrogens is 244 g/mol. The predicted molar refractivity (Wildman–Crippen MR) is 63.2 cm³/mol. The van der Waals surface area contributed by atoms with E-state index in [-0.39, 0.29) is 17.1 Å². The maximum atomic E-state index is 11.8. The Hall–Kier alpha value is -1.62. The van der Waals surface area contributed by atoms with E-state index in [1.807, 2.05) is 0 Å². The molecular formula is C11H11ClN2O3. The number of nitro benzene ring substituents is 1. The van der Waals surface area contributed by atoms with Gasteiger partial charge >= 0.3 is 0 Å². The number of nitro groups is 1. The van der Waals surface area contributed by atoms with E-state index in [0.717, 1.165) is 12.8 Å². The average molecular weight is 255 g/mol. The fourth-order valence-corrected chi connectivity index (χ4v) is 1.82. The first kappa shape index (κ1) is 11.9. The Morgan fingerprint density at radius 1 is 1.41 bits per heavy atom. The van der Waals surface area contributed by atoms with Crippen molar-refractivity contribution in [2.24, 2.45) is 0 Å². The molecule has 6 heteroatoms. The Kier molecular flexibility index (Phi) is 3.02. The summed E-state index contributed by atoms with van der Waals surface area (Å²) >= 11 is 5.75. The quantitative estimate of drug-likeness (QED) is 0.508. The van der Waals surface area contributed by atoms with Gasteiger partial charge in [-0.15, -0.1) is 11.6 Å². The van der Waals surface area contributed by atoms with Gasteiger partial charge in [-0.3, -0.25) is 14.9 Å². The molecule has 1 amide bonds. The molecule has 1 N–H and O–H groups in total. The van der Waals surface area contributed by atoms with Gasteiger partial charge in [0.2, 0.25) is 0 Å². The van der Waals surface area contributed by atoms with Gasteiger partial charge in [0.15, 0.2) is 0 Å².